The maximum absolute atomic E-state index is 13.5. The number of rotatable bonds is 4. The van der Waals surface area contributed by atoms with Gasteiger partial charge in [0, 0.05) is 30.6 Å². The van der Waals surface area contributed by atoms with E-state index in [-0.39, 0.29) is 23.9 Å². The number of aryl methyl sites for hydroxylation is 1. The van der Waals surface area contributed by atoms with Gasteiger partial charge in [0.15, 0.2) is 0 Å². The normalized spacial score (nSPS) is 16.9. The lowest BCUT2D eigenvalue weighted by atomic mass is 9.90. The van der Waals surface area contributed by atoms with E-state index < -0.39 is 11.7 Å². The molecule has 1 aromatic carbocycles. The van der Waals surface area contributed by atoms with Crippen molar-refractivity contribution in [3.8, 4) is 0 Å². The largest absolute Gasteiger partial charge is 0.366 e. The van der Waals surface area contributed by atoms with Gasteiger partial charge in [-0.1, -0.05) is 0 Å². The molecule has 1 fully saturated rings. The number of fused-ring (bicyclic) bond motifs is 1. The average Bonchev–Trinajstić information content (AvgIpc) is 3.11. The average molecular weight is 395 g/mol. The monoisotopic (exact) mass is 395 g/mol. The first-order valence-corrected chi connectivity index (χ1v) is 9.57. The molecule has 0 radical (unpaired) electrons. The van der Waals surface area contributed by atoms with Crippen molar-refractivity contribution < 1.29 is 14.0 Å². The van der Waals surface area contributed by atoms with Gasteiger partial charge in [0.25, 0.3) is 5.91 Å². The van der Waals surface area contributed by atoms with E-state index in [1.165, 1.54) is 12.1 Å². The number of benzene rings is 1. The van der Waals surface area contributed by atoms with Crippen molar-refractivity contribution in [3.63, 3.8) is 0 Å². The van der Waals surface area contributed by atoms with Gasteiger partial charge < -0.3 is 10.6 Å². The highest BCUT2D eigenvalue weighted by molar-refractivity contribution is 5.97. The minimum absolute atomic E-state index is 0.0266. The fourth-order valence-electron chi connectivity index (χ4n) is 3.89. The van der Waals surface area contributed by atoms with Crippen LogP contribution in [0.2, 0.25) is 0 Å². The topological polar surface area (TPSA) is 94.1 Å². The number of carbonyl (C=O) groups excluding carboxylic acids is 2. The molecular formula is C21H22FN5O2. The van der Waals surface area contributed by atoms with Crippen LogP contribution in [0.15, 0.2) is 36.7 Å². The standard InChI is InChI=1S/C21H22FN5O2/c1-13-9-24-27(10-13)12-19(28)26-6-2-3-14(11-26)20-17(21(23)29)8-15-7-16(22)4-5-18(15)25-20/h4-5,7-10,14H,2-3,6,11-12H2,1H3,(H2,23,29). The Morgan fingerprint density at radius 1 is 1.31 bits per heavy atom. The Bertz CT molecular complexity index is 1090. The minimum Gasteiger partial charge on any atom is -0.366 e. The van der Waals surface area contributed by atoms with Crippen molar-refractivity contribution in [2.45, 2.75) is 32.2 Å². The first-order chi connectivity index (χ1) is 13.9. The molecule has 0 spiro atoms. The molecule has 3 heterocycles. The molecule has 0 bridgehead atoms. The summed E-state index contributed by atoms with van der Waals surface area (Å²) in [5.74, 6) is -1.13. The van der Waals surface area contributed by atoms with Crippen LogP contribution in [0.1, 0.15) is 40.4 Å². The summed E-state index contributed by atoms with van der Waals surface area (Å²) in [6, 6.07) is 5.86. The summed E-state index contributed by atoms with van der Waals surface area (Å²) in [5.41, 5.74) is 8.04. The zero-order valence-corrected chi connectivity index (χ0v) is 16.1. The maximum atomic E-state index is 13.5. The molecule has 150 valence electrons. The molecule has 0 saturated carbocycles. The van der Waals surface area contributed by atoms with Gasteiger partial charge in [0.2, 0.25) is 5.91 Å². The quantitative estimate of drug-likeness (QED) is 0.734. The van der Waals surface area contributed by atoms with Crippen LogP contribution in [-0.2, 0) is 11.3 Å². The Morgan fingerprint density at radius 3 is 2.86 bits per heavy atom. The molecule has 2 aromatic heterocycles. The lowest BCUT2D eigenvalue weighted by Crippen LogP contribution is -2.41. The third-order valence-corrected chi connectivity index (χ3v) is 5.29. The second kappa shape index (κ2) is 7.62. The number of piperidine rings is 1. The highest BCUT2D eigenvalue weighted by Gasteiger charge is 2.29. The molecule has 3 aromatic rings. The summed E-state index contributed by atoms with van der Waals surface area (Å²) in [4.78, 5) is 31.2. The summed E-state index contributed by atoms with van der Waals surface area (Å²) in [6.07, 6.45) is 5.14. The van der Waals surface area contributed by atoms with Crippen molar-refractivity contribution in [3.05, 3.63) is 59.3 Å². The van der Waals surface area contributed by atoms with Crippen LogP contribution >= 0.6 is 0 Å². The van der Waals surface area contributed by atoms with Crippen molar-refractivity contribution in [2.24, 2.45) is 5.73 Å². The van der Waals surface area contributed by atoms with Crippen molar-refractivity contribution >= 4 is 22.7 Å². The highest BCUT2D eigenvalue weighted by atomic mass is 19.1. The fraction of sp³-hybridized carbons (Fsp3) is 0.333. The van der Waals surface area contributed by atoms with Crippen LogP contribution in [0.5, 0.6) is 0 Å². The van der Waals surface area contributed by atoms with Crippen LogP contribution in [-0.4, -0.2) is 44.6 Å². The van der Waals surface area contributed by atoms with E-state index >= 15 is 0 Å². The van der Waals surface area contributed by atoms with E-state index in [9.17, 15) is 14.0 Å². The number of pyridine rings is 1. The van der Waals surface area contributed by atoms with E-state index in [1.54, 1.807) is 27.9 Å². The summed E-state index contributed by atoms with van der Waals surface area (Å²) >= 11 is 0. The summed E-state index contributed by atoms with van der Waals surface area (Å²) in [5, 5.41) is 4.70. The first kappa shape index (κ1) is 19.0. The van der Waals surface area contributed by atoms with Gasteiger partial charge in [-0.25, -0.2) is 4.39 Å². The highest BCUT2D eigenvalue weighted by Crippen LogP contribution is 2.30. The Hall–Kier alpha value is -3.29. The van der Waals surface area contributed by atoms with E-state index in [0.29, 0.717) is 29.7 Å². The van der Waals surface area contributed by atoms with Gasteiger partial charge in [-0.2, -0.15) is 5.10 Å². The minimum atomic E-state index is -0.603. The van der Waals surface area contributed by atoms with Gasteiger partial charge in [-0.15, -0.1) is 0 Å². The van der Waals surface area contributed by atoms with Gasteiger partial charge >= 0.3 is 0 Å². The van der Waals surface area contributed by atoms with Crippen LogP contribution in [0.3, 0.4) is 0 Å². The summed E-state index contributed by atoms with van der Waals surface area (Å²) < 4.78 is 15.2. The molecule has 1 saturated heterocycles. The molecular weight excluding hydrogens is 373 g/mol. The van der Waals surface area contributed by atoms with E-state index in [2.05, 4.69) is 10.1 Å². The predicted octanol–water partition coefficient (Wildman–Crippen LogP) is 2.38. The summed E-state index contributed by atoms with van der Waals surface area (Å²) in [7, 11) is 0. The van der Waals surface area contributed by atoms with E-state index in [0.717, 1.165) is 18.4 Å². The Morgan fingerprint density at radius 2 is 2.14 bits per heavy atom. The van der Waals surface area contributed by atoms with Gasteiger partial charge in [-0.05, 0) is 49.6 Å². The first-order valence-electron chi connectivity index (χ1n) is 9.57. The van der Waals surface area contributed by atoms with Crippen molar-refractivity contribution in [1.29, 1.82) is 0 Å². The number of nitrogens with two attached hydrogens (primary N) is 1. The van der Waals surface area contributed by atoms with Gasteiger partial charge in [0.05, 0.1) is 23.0 Å². The lowest BCUT2D eigenvalue weighted by molar-refractivity contribution is -0.133. The van der Waals surface area contributed by atoms with Gasteiger partial charge in [0.1, 0.15) is 12.4 Å². The van der Waals surface area contributed by atoms with Crippen LogP contribution in [0, 0.1) is 12.7 Å². The van der Waals surface area contributed by atoms with Crippen molar-refractivity contribution in [2.75, 3.05) is 13.1 Å². The number of hydrogen-bond acceptors (Lipinski definition) is 4. The number of likely N-dealkylation sites (tertiary alicyclic amines) is 1. The second-order valence-corrected chi connectivity index (χ2v) is 7.52. The number of nitrogens with zero attached hydrogens (tertiary/aromatic N) is 4. The molecule has 1 atom stereocenters. The maximum Gasteiger partial charge on any atom is 0.250 e. The van der Waals surface area contributed by atoms with Crippen molar-refractivity contribution in [1.82, 2.24) is 19.7 Å². The molecule has 1 aliphatic heterocycles. The molecule has 1 unspecified atom stereocenters. The number of amides is 2. The smallest absolute Gasteiger partial charge is 0.250 e. The number of aromatic nitrogens is 3. The number of halogens is 1. The predicted molar refractivity (Wildman–Crippen MR) is 106 cm³/mol. The fourth-order valence-corrected chi connectivity index (χ4v) is 3.89. The number of hydrogen-bond donors (Lipinski definition) is 1. The Balaban J connectivity index is 1.61. The molecule has 4 rings (SSSR count). The zero-order valence-electron chi connectivity index (χ0n) is 16.1. The molecule has 2 amide bonds. The second-order valence-electron chi connectivity index (χ2n) is 7.52. The van der Waals surface area contributed by atoms with E-state index in [1.807, 2.05) is 13.1 Å². The lowest BCUT2D eigenvalue weighted by Gasteiger charge is -2.33. The molecule has 2 N–H and O–H groups in total. The molecule has 7 nitrogen and oxygen atoms in total. The Labute approximate surface area is 167 Å². The third kappa shape index (κ3) is 3.96. The number of primary amides is 1. The van der Waals surface area contributed by atoms with Gasteiger partial charge in [-0.3, -0.25) is 19.3 Å². The van der Waals surface area contributed by atoms with Crippen LogP contribution < -0.4 is 5.73 Å². The van der Waals surface area contributed by atoms with Crippen LogP contribution in [0.25, 0.3) is 10.9 Å². The van der Waals surface area contributed by atoms with E-state index in [4.69, 9.17) is 5.73 Å². The molecule has 0 aliphatic carbocycles. The SMILES string of the molecule is Cc1cnn(CC(=O)N2CCCC(c3nc4ccc(F)cc4cc3C(N)=O)C2)c1. The molecule has 29 heavy (non-hydrogen) atoms. The van der Waals surface area contributed by atoms with Crippen LogP contribution in [0.4, 0.5) is 4.39 Å². The number of carbonyl (C=O) groups is 2. The zero-order chi connectivity index (χ0) is 20.5. The third-order valence-electron chi connectivity index (χ3n) is 5.29. The summed E-state index contributed by atoms with van der Waals surface area (Å²) in [6.45, 7) is 3.21. The Kier molecular flexibility index (Phi) is 5.00. The molecule has 8 heteroatoms. The molecule has 1 aliphatic rings.